The van der Waals surface area contributed by atoms with Crippen molar-refractivity contribution in [2.45, 2.75) is 32.7 Å². The minimum absolute atomic E-state index is 0. The average molecular weight is 331 g/mol. The van der Waals surface area contributed by atoms with Crippen molar-refractivity contribution in [3.63, 3.8) is 0 Å². The molecule has 2 nitrogen and oxygen atoms in total. The van der Waals surface area contributed by atoms with Gasteiger partial charge in [-0.3, -0.25) is 4.90 Å². The van der Waals surface area contributed by atoms with Gasteiger partial charge in [0.1, 0.15) is 0 Å². The van der Waals surface area contributed by atoms with Gasteiger partial charge in [0.15, 0.2) is 0 Å². The van der Waals surface area contributed by atoms with Crippen molar-refractivity contribution in [3.05, 3.63) is 47.5 Å². The van der Waals surface area contributed by atoms with Gasteiger partial charge in [0.2, 0.25) is 0 Å². The molecule has 120 valence electrons. The highest BCUT2D eigenvalue weighted by Gasteiger charge is 2.21. The van der Waals surface area contributed by atoms with Crippen molar-refractivity contribution in [2.75, 3.05) is 26.2 Å². The number of hydrogen-bond acceptors (Lipinski definition) is 2. The fraction of sp³-hybridized carbons (Fsp3) is 0.529. The molecule has 0 saturated carbocycles. The molecule has 0 unspecified atom stereocenters. The van der Waals surface area contributed by atoms with Gasteiger partial charge in [-0.05, 0) is 30.9 Å². The van der Waals surface area contributed by atoms with E-state index >= 15 is 0 Å². The van der Waals surface area contributed by atoms with Crippen LogP contribution in [-0.2, 0) is 6.42 Å². The summed E-state index contributed by atoms with van der Waals surface area (Å²) in [5, 5.41) is 3.43. The Kier molecular flexibility index (Phi) is 9.97. The van der Waals surface area contributed by atoms with E-state index in [1.54, 1.807) is 0 Å². The van der Waals surface area contributed by atoms with Crippen molar-refractivity contribution < 1.29 is 0 Å². The SMILES string of the molecule is C=C(C)C[C@H](c1ccc(CC)cc1)N1CCNCC1.Cl.Cl. The molecule has 1 aliphatic heterocycles. The lowest BCUT2D eigenvalue weighted by Gasteiger charge is -2.35. The van der Waals surface area contributed by atoms with E-state index in [2.05, 4.69) is 54.9 Å². The monoisotopic (exact) mass is 330 g/mol. The first-order valence-electron chi connectivity index (χ1n) is 7.38. The van der Waals surface area contributed by atoms with Crippen LogP contribution in [-0.4, -0.2) is 31.1 Å². The number of piperazine rings is 1. The minimum Gasteiger partial charge on any atom is -0.314 e. The number of nitrogens with zero attached hydrogens (tertiary/aromatic N) is 1. The van der Waals surface area contributed by atoms with Crippen molar-refractivity contribution in [1.29, 1.82) is 0 Å². The molecule has 1 N–H and O–H groups in total. The zero-order valence-electron chi connectivity index (χ0n) is 13.1. The summed E-state index contributed by atoms with van der Waals surface area (Å²) >= 11 is 0. The second kappa shape index (κ2) is 10.2. The molecule has 0 radical (unpaired) electrons. The van der Waals surface area contributed by atoms with Crippen molar-refractivity contribution in [2.24, 2.45) is 0 Å². The summed E-state index contributed by atoms with van der Waals surface area (Å²) in [5.74, 6) is 0. The number of benzene rings is 1. The van der Waals surface area contributed by atoms with Crippen LogP contribution in [0, 0.1) is 0 Å². The molecule has 0 bridgehead atoms. The molecule has 2 rings (SSSR count). The summed E-state index contributed by atoms with van der Waals surface area (Å²) in [7, 11) is 0. The number of aryl methyl sites for hydroxylation is 1. The number of nitrogens with one attached hydrogen (secondary N) is 1. The Balaban J connectivity index is 0.00000200. The van der Waals surface area contributed by atoms with Gasteiger partial charge in [-0.25, -0.2) is 0 Å². The summed E-state index contributed by atoms with van der Waals surface area (Å²) < 4.78 is 0. The normalized spacial score (nSPS) is 16.5. The van der Waals surface area contributed by atoms with Gasteiger partial charge in [-0.15, -0.1) is 31.4 Å². The van der Waals surface area contributed by atoms with E-state index in [0.717, 1.165) is 39.0 Å². The van der Waals surface area contributed by atoms with Gasteiger partial charge < -0.3 is 5.32 Å². The van der Waals surface area contributed by atoms with E-state index < -0.39 is 0 Å². The van der Waals surface area contributed by atoms with Crippen LogP contribution in [0.25, 0.3) is 0 Å². The Morgan fingerprint density at radius 1 is 1.19 bits per heavy atom. The maximum Gasteiger partial charge on any atom is 0.0386 e. The third-order valence-electron chi connectivity index (χ3n) is 3.91. The van der Waals surface area contributed by atoms with Crippen molar-refractivity contribution in [1.82, 2.24) is 10.2 Å². The highest BCUT2D eigenvalue weighted by atomic mass is 35.5. The highest BCUT2D eigenvalue weighted by molar-refractivity contribution is 5.85. The lowest BCUT2D eigenvalue weighted by Crippen LogP contribution is -2.45. The van der Waals surface area contributed by atoms with E-state index in [0.29, 0.717) is 6.04 Å². The van der Waals surface area contributed by atoms with Gasteiger partial charge in [-0.1, -0.05) is 36.8 Å². The molecular weight excluding hydrogens is 303 g/mol. The van der Waals surface area contributed by atoms with Crippen LogP contribution in [0.15, 0.2) is 36.4 Å². The molecule has 0 amide bonds. The predicted octanol–water partition coefficient (Wildman–Crippen LogP) is 4.01. The standard InChI is InChI=1S/C17H26N2.2ClH/c1-4-15-5-7-16(8-6-15)17(13-14(2)3)19-11-9-18-10-12-19;;/h5-8,17-18H,2,4,9-13H2,1,3H3;2*1H/t17-;;/m1../s1. The Bertz CT molecular complexity index is 411. The maximum absolute atomic E-state index is 4.11. The van der Waals surface area contributed by atoms with E-state index in [1.807, 2.05) is 0 Å². The molecular formula is C17H28Cl2N2. The quantitative estimate of drug-likeness (QED) is 0.820. The van der Waals surface area contributed by atoms with Gasteiger partial charge >= 0.3 is 0 Å². The third kappa shape index (κ3) is 5.99. The minimum atomic E-state index is 0. The molecule has 1 aliphatic rings. The van der Waals surface area contributed by atoms with E-state index in [4.69, 9.17) is 0 Å². The summed E-state index contributed by atoms with van der Waals surface area (Å²) in [6.07, 6.45) is 2.17. The summed E-state index contributed by atoms with van der Waals surface area (Å²) in [6.45, 7) is 12.9. The Morgan fingerprint density at radius 2 is 1.76 bits per heavy atom. The summed E-state index contributed by atoms with van der Waals surface area (Å²) in [5.41, 5.74) is 4.11. The Hall–Kier alpha value is -0.540. The molecule has 1 aromatic carbocycles. The second-order valence-electron chi connectivity index (χ2n) is 5.56. The predicted molar refractivity (Wildman–Crippen MR) is 96.9 cm³/mol. The first-order chi connectivity index (χ1) is 9.20. The molecule has 1 atom stereocenters. The van der Waals surface area contributed by atoms with Crippen molar-refractivity contribution >= 4 is 24.8 Å². The molecule has 21 heavy (non-hydrogen) atoms. The number of rotatable bonds is 5. The molecule has 0 aliphatic carbocycles. The molecule has 1 aromatic rings. The zero-order chi connectivity index (χ0) is 13.7. The van der Waals surface area contributed by atoms with Crippen LogP contribution in [0.5, 0.6) is 0 Å². The van der Waals surface area contributed by atoms with Crippen LogP contribution >= 0.6 is 24.8 Å². The number of halogens is 2. The topological polar surface area (TPSA) is 15.3 Å². The van der Waals surface area contributed by atoms with Gasteiger partial charge in [0, 0.05) is 32.2 Å². The lowest BCUT2D eigenvalue weighted by molar-refractivity contribution is 0.172. The average Bonchev–Trinajstić information content (AvgIpc) is 2.46. The van der Waals surface area contributed by atoms with Crippen LogP contribution in [0.2, 0.25) is 0 Å². The molecule has 1 fully saturated rings. The smallest absolute Gasteiger partial charge is 0.0386 e. The van der Waals surface area contributed by atoms with Crippen molar-refractivity contribution in [3.8, 4) is 0 Å². The van der Waals surface area contributed by atoms with Crippen LogP contribution in [0.3, 0.4) is 0 Å². The van der Waals surface area contributed by atoms with Gasteiger partial charge in [0.05, 0.1) is 0 Å². The van der Waals surface area contributed by atoms with Gasteiger partial charge in [0.25, 0.3) is 0 Å². The Morgan fingerprint density at radius 3 is 2.24 bits per heavy atom. The molecule has 0 spiro atoms. The second-order valence-corrected chi connectivity index (χ2v) is 5.56. The first-order valence-corrected chi connectivity index (χ1v) is 7.38. The Labute approximate surface area is 141 Å². The fourth-order valence-corrected chi connectivity index (χ4v) is 2.76. The van der Waals surface area contributed by atoms with E-state index in [1.165, 1.54) is 16.7 Å². The van der Waals surface area contributed by atoms with Crippen LogP contribution in [0.1, 0.15) is 37.4 Å². The summed E-state index contributed by atoms with van der Waals surface area (Å²) in [4.78, 5) is 2.59. The lowest BCUT2D eigenvalue weighted by atomic mass is 9.96. The highest BCUT2D eigenvalue weighted by Crippen LogP contribution is 2.27. The third-order valence-corrected chi connectivity index (χ3v) is 3.91. The number of hydrogen-bond donors (Lipinski definition) is 1. The molecule has 1 saturated heterocycles. The molecule has 0 aromatic heterocycles. The summed E-state index contributed by atoms with van der Waals surface area (Å²) in [6, 6.07) is 9.62. The largest absolute Gasteiger partial charge is 0.314 e. The van der Waals surface area contributed by atoms with E-state index in [-0.39, 0.29) is 24.8 Å². The van der Waals surface area contributed by atoms with Gasteiger partial charge in [-0.2, -0.15) is 0 Å². The molecule has 4 heteroatoms. The molecule has 1 heterocycles. The fourth-order valence-electron chi connectivity index (χ4n) is 2.76. The van der Waals surface area contributed by atoms with E-state index in [9.17, 15) is 0 Å². The van der Waals surface area contributed by atoms with Crippen LogP contribution in [0.4, 0.5) is 0 Å². The first kappa shape index (κ1) is 20.5. The maximum atomic E-state index is 4.11. The zero-order valence-corrected chi connectivity index (χ0v) is 14.7. The van der Waals surface area contributed by atoms with Crippen LogP contribution < -0.4 is 5.32 Å².